The quantitative estimate of drug-likeness (QED) is 0.929. The Labute approximate surface area is 111 Å². The molecule has 0 atom stereocenters. The number of hydrogen-bond donors (Lipinski definition) is 1. The topological polar surface area (TPSA) is 44.5 Å². The second-order valence-electron chi connectivity index (χ2n) is 4.88. The number of benzene rings is 1. The maximum atomic E-state index is 6.06. The maximum Gasteiger partial charge on any atom is 0.136 e. The first kappa shape index (κ1) is 14.3. The minimum atomic E-state index is -0.285. The van der Waals surface area contributed by atoms with E-state index in [0.29, 0.717) is 0 Å². The Morgan fingerprint density at radius 1 is 1.29 bits per heavy atom. The van der Waals surface area contributed by atoms with E-state index < -0.39 is 0 Å². The minimum absolute atomic E-state index is 0.285. The lowest BCUT2D eigenvalue weighted by Crippen LogP contribution is -2.34. The lowest BCUT2D eigenvalue weighted by molar-refractivity contribution is 0.388. The molecule has 0 aliphatic heterocycles. The summed E-state index contributed by atoms with van der Waals surface area (Å²) in [6.07, 6.45) is 0.728. The third-order valence-corrected chi connectivity index (χ3v) is 3.52. The summed E-state index contributed by atoms with van der Waals surface area (Å²) in [6.45, 7) is 5.97. The molecule has 1 aromatic carbocycles. The smallest absolute Gasteiger partial charge is 0.136 e. The fourth-order valence-corrected chi connectivity index (χ4v) is 2.42. The van der Waals surface area contributed by atoms with Gasteiger partial charge in [-0.1, -0.05) is 0 Å². The van der Waals surface area contributed by atoms with Crippen LogP contribution >= 0.6 is 15.9 Å². The molecule has 0 heterocycles. The van der Waals surface area contributed by atoms with Crippen LogP contribution in [-0.2, 0) is 6.42 Å². The molecule has 0 radical (unpaired) electrons. The summed E-state index contributed by atoms with van der Waals surface area (Å²) in [5.41, 5.74) is 7.86. The molecule has 0 fully saturated rings. The van der Waals surface area contributed by atoms with Crippen molar-refractivity contribution in [2.75, 3.05) is 14.2 Å². The van der Waals surface area contributed by atoms with E-state index in [1.807, 2.05) is 26.8 Å². The van der Waals surface area contributed by atoms with Crippen molar-refractivity contribution in [2.24, 2.45) is 5.73 Å². The molecule has 0 amide bonds. The number of methoxy groups -OCH3 is 2. The summed E-state index contributed by atoms with van der Waals surface area (Å²) in [4.78, 5) is 0. The summed E-state index contributed by atoms with van der Waals surface area (Å²) in [5, 5.41) is 0. The maximum absolute atomic E-state index is 6.06. The molecule has 1 aromatic rings. The van der Waals surface area contributed by atoms with E-state index in [0.717, 1.165) is 33.5 Å². The number of ether oxygens (including phenoxy) is 2. The first-order valence-corrected chi connectivity index (χ1v) is 6.28. The summed E-state index contributed by atoms with van der Waals surface area (Å²) in [6, 6.07) is 1.99. The van der Waals surface area contributed by atoms with E-state index in [1.165, 1.54) is 0 Å². The Morgan fingerprint density at radius 3 is 2.29 bits per heavy atom. The molecule has 0 bridgehead atoms. The standard InChI is InChI=1S/C13H20BrNO2/c1-8-10(16-4)6-9(7-13(2,3)15)12(17-5)11(8)14/h6H,7,15H2,1-5H3. The van der Waals surface area contributed by atoms with Crippen molar-refractivity contribution in [1.29, 1.82) is 0 Å². The molecule has 0 unspecified atom stereocenters. The van der Waals surface area contributed by atoms with Crippen molar-refractivity contribution >= 4 is 15.9 Å². The zero-order chi connectivity index (χ0) is 13.2. The third-order valence-electron chi connectivity index (χ3n) is 2.57. The van der Waals surface area contributed by atoms with E-state index in [9.17, 15) is 0 Å². The van der Waals surface area contributed by atoms with Crippen LogP contribution in [0.5, 0.6) is 11.5 Å². The van der Waals surface area contributed by atoms with Gasteiger partial charge in [-0.3, -0.25) is 0 Å². The molecule has 0 aliphatic carbocycles. The number of nitrogens with two attached hydrogens (primary N) is 1. The average molecular weight is 302 g/mol. The van der Waals surface area contributed by atoms with Crippen LogP contribution in [-0.4, -0.2) is 19.8 Å². The van der Waals surface area contributed by atoms with Gasteiger partial charge in [0.1, 0.15) is 11.5 Å². The molecule has 2 N–H and O–H groups in total. The van der Waals surface area contributed by atoms with Gasteiger partial charge in [-0.2, -0.15) is 0 Å². The highest BCUT2D eigenvalue weighted by Crippen LogP contribution is 2.39. The minimum Gasteiger partial charge on any atom is -0.496 e. The van der Waals surface area contributed by atoms with E-state index in [-0.39, 0.29) is 5.54 Å². The van der Waals surface area contributed by atoms with Crippen LogP contribution in [0.15, 0.2) is 10.5 Å². The Balaban J connectivity index is 3.32. The first-order chi connectivity index (χ1) is 7.80. The summed E-state index contributed by atoms with van der Waals surface area (Å²) >= 11 is 3.54. The molecule has 96 valence electrons. The lowest BCUT2D eigenvalue weighted by atomic mass is 9.94. The molecule has 0 saturated carbocycles. The molecule has 3 nitrogen and oxygen atoms in total. The molecule has 1 rings (SSSR count). The fourth-order valence-electron chi connectivity index (χ4n) is 1.81. The van der Waals surface area contributed by atoms with Crippen LogP contribution in [0, 0.1) is 6.92 Å². The second kappa shape index (κ2) is 5.27. The monoisotopic (exact) mass is 301 g/mol. The van der Waals surface area contributed by atoms with Crippen molar-refractivity contribution in [1.82, 2.24) is 0 Å². The van der Waals surface area contributed by atoms with Gasteiger partial charge in [-0.05, 0) is 49.2 Å². The van der Waals surface area contributed by atoms with Crippen LogP contribution < -0.4 is 15.2 Å². The van der Waals surface area contributed by atoms with Gasteiger partial charge < -0.3 is 15.2 Å². The van der Waals surface area contributed by atoms with E-state index in [2.05, 4.69) is 15.9 Å². The molecule has 0 spiro atoms. The first-order valence-electron chi connectivity index (χ1n) is 5.49. The van der Waals surface area contributed by atoms with Crippen LogP contribution in [0.1, 0.15) is 25.0 Å². The van der Waals surface area contributed by atoms with Crippen molar-refractivity contribution < 1.29 is 9.47 Å². The third kappa shape index (κ3) is 3.36. The van der Waals surface area contributed by atoms with Crippen LogP contribution in [0.3, 0.4) is 0 Å². The highest BCUT2D eigenvalue weighted by Gasteiger charge is 2.20. The predicted octanol–water partition coefficient (Wildman–Crippen LogP) is 3.05. The summed E-state index contributed by atoms with van der Waals surface area (Å²) < 4.78 is 11.7. The van der Waals surface area contributed by atoms with Crippen LogP contribution in [0.4, 0.5) is 0 Å². The lowest BCUT2D eigenvalue weighted by Gasteiger charge is -2.22. The van der Waals surface area contributed by atoms with Crippen molar-refractivity contribution in [2.45, 2.75) is 32.7 Å². The second-order valence-corrected chi connectivity index (χ2v) is 5.67. The van der Waals surface area contributed by atoms with E-state index in [1.54, 1.807) is 14.2 Å². The molecule has 0 saturated heterocycles. The molecular weight excluding hydrogens is 282 g/mol. The van der Waals surface area contributed by atoms with Crippen LogP contribution in [0.25, 0.3) is 0 Å². The molecule has 0 aliphatic rings. The molecule has 0 aromatic heterocycles. The molecule has 4 heteroatoms. The number of rotatable bonds is 4. The van der Waals surface area contributed by atoms with E-state index >= 15 is 0 Å². The molecule has 17 heavy (non-hydrogen) atoms. The van der Waals surface area contributed by atoms with Crippen molar-refractivity contribution in [3.8, 4) is 11.5 Å². The SMILES string of the molecule is COc1cc(CC(C)(C)N)c(OC)c(Br)c1C. The van der Waals surface area contributed by atoms with Gasteiger partial charge in [-0.15, -0.1) is 0 Å². The highest BCUT2D eigenvalue weighted by atomic mass is 79.9. The summed E-state index contributed by atoms with van der Waals surface area (Å²) in [7, 11) is 3.33. The van der Waals surface area contributed by atoms with Gasteiger partial charge in [0.05, 0.1) is 18.7 Å². The average Bonchev–Trinajstić information content (AvgIpc) is 2.21. The van der Waals surface area contributed by atoms with Gasteiger partial charge in [0.15, 0.2) is 0 Å². The normalized spacial score (nSPS) is 11.5. The van der Waals surface area contributed by atoms with Crippen molar-refractivity contribution in [3.05, 3.63) is 21.7 Å². The van der Waals surface area contributed by atoms with Gasteiger partial charge in [0.25, 0.3) is 0 Å². The highest BCUT2D eigenvalue weighted by molar-refractivity contribution is 9.10. The van der Waals surface area contributed by atoms with Gasteiger partial charge in [0, 0.05) is 16.7 Å². The van der Waals surface area contributed by atoms with Gasteiger partial charge >= 0.3 is 0 Å². The Morgan fingerprint density at radius 2 is 1.88 bits per heavy atom. The van der Waals surface area contributed by atoms with Crippen LogP contribution in [0.2, 0.25) is 0 Å². The fraction of sp³-hybridized carbons (Fsp3) is 0.538. The Hall–Kier alpha value is -0.740. The zero-order valence-corrected chi connectivity index (χ0v) is 12.6. The van der Waals surface area contributed by atoms with E-state index in [4.69, 9.17) is 15.2 Å². The molecular formula is C13H20BrNO2. The van der Waals surface area contributed by atoms with Gasteiger partial charge in [0.2, 0.25) is 0 Å². The Kier molecular flexibility index (Phi) is 4.44. The van der Waals surface area contributed by atoms with Gasteiger partial charge in [-0.25, -0.2) is 0 Å². The number of hydrogen-bond acceptors (Lipinski definition) is 3. The zero-order valence-electron chi connectivity index (χ0n) is 11.1. The predicted molar refractivity (Wildman–Crippen MR) is 74.0 cm³/mol. The summed E-state index contributed by atoms with van der Waals surface area (Å²) in [5.74, 6) is 1.68. The number of halogens is 1. The largest absolute Gasteiger partial charge is 0.496 e. The van der Waals surface area contributed by atoms with Crippen molar-refractivity contribution in [3.63, 3.8) is 0 Å². The Bertz CT molecular complexity index is 411.